The molecule has 1 aliphatic rings. The van der Waals surface area contributed by atoms with Gasteiger partial charge in [-0.1, -0.05) is 44.2 Å². The highest BCUT2D eigenvalue weighted by atomic mass is 15.2. The van der Waals surface area contributed by atoms with Crippen molar-refractivity contribution in [1.29, 1.82) is 0 Å². The molecule has 1 fully saturated rings. The van der Waals surface area contributed by atoms with E-state index in [9.17, 15) is 0 Å². The van der Waals surface area contributed by atoms with Gasteiger partial charge >= 0.3 is 0 Å². The highest BCUT2D eigenvalue weighted by Gasteiger charge is 2.29. The van der Waals surface area contributed by atoms with Crippen LogP contribution in [0.15, 0.2) is 30.3 Å². The highest BCUT2D eigenvalue weighted by Crippen LogP contribution is 2.17. The zero-order chi connectivity index (χ0) is 13.7. The lowest BCUT2D eigenvalue weighted by Crippen LogP contribution is -2.57. The Bertz CT molecular complexity index is 366. The third-order valence-electron chi connectivity index (χ3n) is 4.27. The van der Waals surface area contributed by atoms with Crippen molar-refractivity contribution >= 4 is 0 Å². The molecule has 0 spiro atoms. The normalized spacial score (nSPS) is 24.8. The fourth-order valence-corrected chi connectivity index (χ4v) is 2.97. The van der Waals surface area contributed by atoms with Crippen molar-refractivity contribution < 1.29 is 0 Å². The minimum Gasteiger partial charge on any atom is -0.326 e. The van der Waals surface area contributed by atoms with E-state index < -0.39 is 0 Å². The zero-order valence-electron chi connectivity index (χ0n) is 12.3. The van der Waals surface area contributed by atoms with Crippen LogP contribution >= 0.6 is 0 Å². The lowest BCUT2D eigenvalue weighted by atomic mass is 9.98. The summed E-state index contributed by atoms with van der Waals surface area (Å²) < 4.78 is 0. The molecule has 106 valence electrons. The number of rotatable bonds is 5. The first-order chi connectivity index (χ1) is 9.24. The van der Waals surface area contributed by atoms with Gasteiger partial charge in [0.15, 0.2) is 0 Å². The predicted molar refractivity (Wildman–Crippen MR) is 81.0 cm³/mol. The molecule has 0 aliphatic carbocycles. The molecule has 2 unspecified atom stereocenters. The van der Waals surface area contributed by atoms with Crippen molar-refractivity contribution in [3.8, 4) is 0 Å². The quantitative estimate of drug-likeness (QED) is 0.879. The number of likely N-dealkylation sites (tertiary alicyclic amines) is 1. The van der Waals surface area contributed by atoms with Crippen molar-refractivity contribution in [1.82, 2.24) is 9.80 Å². The van der Waals surface area contributed by atoms with E-state index in [0.717, 1.165) is 39.1 Å². The third-order valence-corrected chi connectivity index (χ3v) is 4.27. The molecular formula is C16H27N3. The van der Waals surface area contributed by atoms with Crippen LogP contribution in [0.4, 0.5) is 0 Å². The zero-order valence-corrected chi connectivity index (χ0v) is 12.3. The molecule has 1 heterocycles. The first kappa shape index (κ1) is 14.5. The van der Waals surface area contributed by atoms with Crippen LogP contribution in [0.2, 0.25) is 0 Å². The Morgan fingerprint density at radius 3 is 2.63 bits per heavy atom. The molecule has 2 atom stereocenters. The van der Waals surface area contributed by atoms with E-state index >= 15 is 0 Å². The molecule has 2 N–H and O–H groups in total. The molecule has 1 aromatic carbocycles. The van der Waals surface area contributed by atoms with Crippen LogP contribution < -0.4 is 5.73 Å². The molecule has 1 aliphatic heterocycles. The first-order valence-electron chi connectivity index (χ1n) is 7.50. The summed E-state index contributed by atoms with van der Waals surface area (Å²) in [5.74, 6) is 0. The summed E-state index contributed by atoms with van der Waals surface area (Å²) in [5, 5.41) is 0. The van der Waals surface area contributed by atoms with E-state index in [2.05, 4.69) is 54.0 Å². The number of nitrogens with two attached hydrogens (primary N) is 1. The maximum absolute atomic E-state index is 6.36. The molecule has 0 radical (unpaired) electrons. The van der Waals surface area contributed by atoms with E-state index in [-0.39, 0.29) is 0 Å². The lowest BCUT2D eigenvalue weighted by molar-refractivity contribution is 0.0829. The second kappa shape index (κ2) is 7.04. The average Bonchev–Trinajstić information content (AvgIpc) is 2.47. The molecule has 1 saturated heterocycles. The number of nitrogens with zero attached hydrogens (tertiary/aromatic N) is 2. The molecular weight excluding hydrogens is 234 g/mol. The van der Waals surface area contributed by atoms with Crippen molar-refractivity contribution in [2.45, 2.75) is 38.9 Å². The Hall–Kier alpha value is -0.900. The second-order valence-corrected chi connectivity index (χ2v) is 5.46. The molecule has 2 rings (SSSR count). The van der Waals surface area contributed by atoms with Crippen molar-refractivity contribution in [2.24, 2.45) is 5.73 Å². The van der Waals surface area contributed by atoms with Crippen LogP contribution in [0.1, 0.15) is 25.8 Å². The Morgan fingerprint density at radius 2 is 2.00 bits per heavy atom. The first-order valence-corrected chi connectivity index (χ1v) is 7.50. The minimum absolute atomic E-state index is 0.312. The second-order valence-electron chi connectivity index (χ2n) is 5.46. The van der Waals surface area contributed by atoms with Gasteiger partial charge in [-0.05, 0) is 31.6 Å². The SMILES string of the molecule is CCN1CCC(N)C(N(CC)Cc2ccccc2)C1. The topological polar surface area (TPSA) is 32.5 Å². The summed E-state index contributed by atoms with van der Waals surface area (Å²) in [6.07, 6.45) is 1.11. The maximum atomic E-state index is 6.36. The summed E-state index contributed by atoms with van der Waals surface area (Å²) >= 11 is 0. The van der Waals surface area contributed by atoms with E-state index in [1.807, 2.05) is 0 Å². The smallest absolute Gasteiger partial charge is 0.0378 e. The highest BCUT2D eigenvalue weighted by molar-refractivity contribution is 5.14. The lowest BCUT2D eigenvalue weighted by Gasteiger charge is -2.42. The van der Waals surface area contributed by atoms with Gasteiger partial charge in [0.25, 0.3) is 0 Å². The van der Waals surface area contributed by atoms with Crippen molar-refractivity contribution in [3.05, 3.63) is 35.9 Å². The van der Waals surface area contributed by atoms with Gasteiger partial charge in [0.05, 0.1) is 0 Å². The van der Waals surface area contributed by atoms with Crippen LogP contribution in [0.5, 0.6) is 0 Å². The number of hydrogen-bond donors (Lipinski definition) is 1. The number of piperidine rings is 1. The van der Waals surface area contributed by atoms with Gasteiger partial charge in [-0.3, -0.25) is 4.90 Å². The summed E-state index contributed by atoms with van der Waals surface area (Å²) in [6, 6.07) is 11.5. The van der Waals surface area contributed by atoms with Gasteiger partial charge in [0.2, 0.25) is 0 Å². The Morgan fingerprint density at radius 1 is 1.26 bits per heavy atom. The summed E-state index contributed by atoms with van der Waals surface area (Å²) in [7, 11) is 0. The van der Waals surface area contributed by atoms with Gasteiger partial charge in [-0.15, -0.1) is 0 Å². The number of benzene rings is 1. The van der Waals surface area contributed by atoms with Crippen LogP contribution in [0, 0.1) is 0 Å². The van der Waals surface area contributed by atoms with Crippen LogP contribution in [-0.2, 0) is 6.54 Å². The standard InChI is InChI=1S/C16H27N3/c1-3-18-11-10-15(17)16(13-18)19(4-2)12-14-8-6-5-7-9-14/h5-9,15-16H,3-4,10-13,17H2,1-2H3. The van der Waals surface area contributed by atoms with E-state index in [0.29, 0.717) is 12.1 Å². The van der Waals surface area contributed by atoms with E-state index in [4.69, 9.17) is 5.73 Å². The number of hydrogen-bond acceptors (Lipinski definition) is 3. The molecule has 0 amide bonds. The molecule has 3 heteroatoms. The van der Waals surface area contributed by atoms with Crippen LogP contribution in [0.3, 0.4) is 0 Å². The maximum Gasteiger partial charge on any atom is 0.0378 e. The Kier molecular flexibility index (Phi) is 5.37. The van der Waals surface area contributed by atoms with Crippen LogP contribution in [-0.4, -0.2) is 48.1 Å². The largest absolute Gasteiger partial charge is 0.326 e. The fourth-order valence-electron chi connectivity index (χ4n) is 2.97. The van der Waals surface area contributed by atoms with Gasteiger partial charge in [0, 0.05) is 25.2 Å². The monoisotopic (exact) mass is 261 g/mol. The molecule has 3 nitrogen and oxygen atoms in total. The minimum atomic E-state index is 0.312. The van der Waals surface area contributed by atoms with Crippen LogP contribution in [0.25, 0.3) is 0 Å². The van der Waals surface area contributed by atoms with Gasteiger partial charge in [-0.25, -0.2) is 0 Å². The van der Waals surface area contributed by atoms with E-state index in [1.165, 1.54) is 5.56 Å². The van der Waals surface area contributed by atoms with E-state index in [1.54, 1.807) is 0 Å². The van der Waals surface area contributed by atoms with Gasteiger partial charge < -0.3 is 10.6 Å². The number of likely N-dealkylation sites (N-methyl/N-ethyl adjacent to an activating group) is 2. The molecule has 19 heavy (non-hydrogen) atoms. The summed E-state index contributed by atoms with van der Waals surface area (Å²) in [5.41, 5.74) is 7.74. The fraction of sp³-hybridized carbons (Fsp3) is 0.625. The molecule has 1 aromatic rings. The molecule has 0 saturated carbocycles. The average molecular weight is 261 g/mol. The Labute approximate surface area is 117 Å². The van der Waals surface area contributed by atoms with Gasteiger partial charge in [0.1, 0.15) is 0 Å². The molecule has 0 bridgehead atoms. The predicted octanol–water partition coefficient (Wildman–Crippen LogP) is 1.93. The van der Waals surface area contributed by atoms with Gasteiger partial charge in [-0.2, -0.15) is 0 Å². The van der Waals surface area contributed by atoms with Crippen molar-refractivity contribution in [3.63, 3.8) is 0 Å². The third kappa shape index (κ3) is 3.78. The molecule has 0 aromatic heterocycles. The van der Waals surface area contributed by atoms with Crippen molar-refractivity contribution in [2.75, 3.05) is 26.2 Å². The summed E-state index contributed by atoms with van der Waals surface area (Å²) in [6.45, 7) is 9.93. The summed E-state index contributed by atoms with van der Waals surface area (Å²) in [4.78, 5) is 5.05. The Balaban J connectivity index is 2.03.